The van der Waals surface area contributed by atoms with E-state index >= 15 is 0 Å². The minimum Gasteiger partial charge on any atom is -0.469 e. The highest BCUT2D eigenvalue weighted by Crippen LogP contribution is 2.20. The van der Waals surface area contributed by atoms with E-state index in [2.05, 4.69) is 41.1 Å². The maximum absolute atomic E-state index is 12.0. The minimum atomic E-state index is 0.00898. The van der Waals surface area contributed by atoms with E-state index in [-0.39, 0.29) is 5.91 Å². The largest absolute Gasteiger partial charge is 0.469 e. The lowest BCUT2D eigenvalue weighted by Crippen LogP contribution is -2.48. The summed E-state index contributed by atoms with van der Waals surface area (Å²) in [6.07, 6.45) is 2.68. The highest BCUT2D eigenvalue weighted by Gasteiger charge is 2.18. The molecule has 25 heavy (non-hydrogen) atoms. The lowest BCUT2D eigenvalue weighted by atomic mass is 10.2. The molecule has 1 amide bonds. The van der Waals surface area contributed by atoms with E-state index < -0.39 is 0 Å². The lowest BCUT2D eigenvalue weighted by molar-refractivity contribution is -0.116. The van der Waals surface area contributed by atoms with Gasteiger partial charge < -0.3 is 14.6 Å². The summed E-state index contributed by atoms with van der Waals surface area (Å²) < 4.78 is 5.25. The Balaban J connectivity index is 1.48. The Morgan fingerprint density at radius 1 is 1.12 bits per heavy atom. The number of nitrogens with one attached hydrogen (secondary N) is 1. The lowest BCUT2D eigenvalue weighted by Gasteiger charge is -2.38. The first-order chi connectivity index (χ1) is 12.1. The predicted molar refractivity (Wildman–Crippen MR) is 101 cm³/mol. The fourth-order valence-corrected chi connectivity index (χ4v) is 3.17. The van der Waals surface area contributed by atoms with E-state index in [1.807, 2.05) is 24.3 Å². The molecule has 1 aliphatic rings. The molecule has 1 aromatic heterocycles. The molecule has 1 aromatic carbocycles. The van der Waals surface area contributed by atoms with Crippen LogP contribution in [0.2, 0.25) is 0 Å². The Kier molecular flexibility index (Phi) is 5.76. The Morgan fingerprint density at radius 3 is 2.44 bits per heavy atom. The molecule has 3 rings (SSSR count). The molecule has 0 unspecified atom stereocenters. The summed E-state index contributed by atoms with van der Waals surface area (Å²) in [7, 11) is 0. The van der Waals surface area contributed by atoms with Gasteiger partial charge in [0.25, 0.3) is 0 Å². The van der Waals surface area contributed by atoms with Crippen LogP contribution in [-0.2, 0) is 11.2 Å². The van der Waals surface area contributed by atoms with E-state index in [4.69, 9.17) is 4.42 Å². The van der Waals surface area contributed by atoms with Crippen molar-refractivity contribution < 1.29 is 9.21 Å². The zero-order chi connectivity index (χ0) is 17.6. The Hall–Kier alpha value is -2.27. The van der Waals surface area contributed by atoms with Crippen LogP contribution in [-0.4, -0.2) is 43.0 Å². The number of anilines is 2. The van der Waals surface area contributed by atoms with Crippen molar-refractivity contribution in [3.63, 3.8) is 0 Å². The standard InChI is InChI=1S/C20H27N3O2/c1-16(2)22-11-13-23(14-12-22)18-7-5-17(6-8-18)21-20(24)10-9-19-4-3-15-25-19/h3-8,15-16H,9-14H2,1-2H3,(H,21,24). The van der Waals surface area contributed by atoms with Gasteiger partial charge >= 0.3 is 0 Å². The second kappa shape index (κ2) is 8.21. The van der Waals surface area contributed by atoms with E-state index in [1.54, 1.807) is 6.26 Å². The van der Waals surface area contributed by atoms with Gasteiger partial charge in [0, 0.05) is 56.4 Å². The smallest absolute Gasteiger partial charge is 0.224 e. The number of piperazine rings is 1. The number of carbonyl (C=O) groups excluding carboxylic acids is 1. The van der Waals surface area contributed by atoms with Gasteiger partial charge in [0.2, 0.25) is 5.91 Å². The average Bonchev–Trinajstić information content (AvgIpc) is 3.14. The fraction of sp³-hybridized carbons (Fsp3) is 0.450. The van der Waals surface area contributed by atoms with Crippen molar-refractivity contribution in [1.29, 1.82) is 0 Å². The number of hydrogen-bond acceptors (Lipinski definition) is 4. The third-order valence-electron chi connectivity index (χ3n) is 4.74. The summed E-state index contributed by atoms with van der Waals surface area (Å²) in [5, 5.41) is 2.95. The molecule has 134 valence electrons. The van der Waals surface area contributed by atoms with Gasteiger partial charge in [-0.15, -0.1) is 0 Å². The molecule has 5 nitrogen and oxygen atoms in total. The number of aryl methyl sites for hydroxylation is 1. The third kappa shape index (κ3) is 4.86. The van der Waals surface area contributed by atoms with E-state index in [9.17, 15) is 4.79 Å². The first kappa shape index (κ1) is 17.5. The fourth-order valence-electron chi connectivity index (χ4n) is 3.17. The summed E-state index contributed by atoms with van der Waals surface area (Å²) >= 11 is 0. The van der Waals surface area contributed by atoms with Crippen molar-refractivity contribution in [2.24, 2.45) is 0 Å². The van der Waals surface area contributed by atoms with Crippen molar-refractivity contribution in [2.75, 3.05) is 36.4 Å². The van der Waals surface area contributed by atoms with E-state index in [0.717, 1.165) is 37.6 Å². The van der Waals surface area contributed by atoms with Gasteiger partial charge in [-0.2, -0.15) is 0 Å². The van der Waals surface area contributed by atoms with Gasteiger partial charge in [0.1, 0.15) is 5.76 Å². The number of furan rings is 1. The predicted octanol–water partition coefficient (Wildman–Crippen LogP) is 3.38. The molecule has 2 heterocycles. The average molecular weight is 341 g/mol. The van der Waals surface area contributed by atoms with Crippen molar-refractivity contribution in [3.05, 3.63) is 48.4 Å². The van der Waals surface area contributed by atoms with E-state index in [1.165, 1.54) is 5.69 Å². The molecule has 1 N–H and O–H groups in total. The Morgan fingerprint density at radius 2 is 1.84 bits per heavy atom. The molecule has 0 atom stereocenters. The number of benzene rings is 1. The van der Waals surface area contributed by atoms with Gasteiger partial charge in [-0.1, -0.05) is 0 Å². The molecule has 0 bridgehead atoms. The molecule has 1 saturated heterocycles. The van der Waals surface area contributed by atoms with Crippen LogP contribution in [0.1, 0.15) is 26.0 Å². The molecular formula is C20H27N3O2. The molecule has 2 aromatic rings. The third-order valence-corrected chi connectivity index (χ3v) is 4.74. The summed E-state index contributed by atoms with van der Waals surface area (Å²) in [4.78, 5) is 16.9. The molecule has 0 radical (unpaired) electrons. The second-order valence-electron chi connectivity index (χ2n) is 6.79. The zero-order valence-corrected chi connectivity index (χ0v) is 15.1. The first-order valence-electron chi connectivity index (χ1n) is 9.03. The van der Waals surface area contributed by atoms with Gasteiger partial charge in [-0.05, 0) is 50.2 Å². The molecular weight excluding hydrogens is 314 g/mol. The Labute approximate surface area is 149 Å². The van der Waals surface area contributed by atoms with Crippen LogP contribution >= 0.6 is 0 Å². The number of hydrogen-bond donors (Lipinski definition) is 1. The van der Waals surface area contributed by atoms with Crippen molar-refractivity contribution >= 4 is 17.3 Å². The van der Waals surface area contributed by atoms with Gasteiger partial charge in [-0.3, -0.25) is 9.69 Å². The van der Waals surface area contributed by atoms with Crippen LogP contribution in [0.4, 0.5) is 11.4 Å². The maximum atomic E-state index is 12.0. The number of amides is 1. The van der Waals surface area contributed by atoms with Crippen LogP contribution in [0.5, 0.6) is 0 Å². The number of nitrogens with zero attached hydrogens (tertiary/aromatic N) is 2. The monoisotopic (exact) mass is 341 g/mol. The summed E-state index contributed by atoms with van der Waals surface area (Å²) in [6, 6.07) is 12.5. The normalized spacial score (nSPS) is 15.6. The van der Waals surface area contributed by atoms with Crippen LogP contribution in [0.15, 0.2) is 47.1 Å². The zero-order valence-electron chi connectivity index (χ0n) is 15.1. The molecule has 0 saturated carbocycles. The van der Waals surface area contributed by atoms with E-state index in [0.29, 0.717) is 18.9 Å². The summed E-state index contributed by atoms with van der Waals surface area (Å²) in [6.45, 7) is 8.80. The number of rotatable bonds is 6. The molecule has 0 aliphatic carbocycles. The highest BCUT2D eigenvalue weighted by atomic mass is 16.3. The van der Waals surface area contributed by atoms with Crippen molar-refractivity contribution in [1.82, 2.24) is 4.90 Å². The SMILES string of the molecule is CC(C)N1CCN(c2ccc(NC(=O)CCc3ccco3)cc2)CC1. The quantitative estimate of drug-likeness (QED) is 0.875. The van der Waals surface area contributed by atoms with Gasteiger partial charge in [0.15, 0.2) is 0 Å². The van der Waals surface area contributed by atoms with Crippen LogP contribution in [0.25, 0.3) is 0 Å². The Bertz CT molecular complexity index is 657. The summed E-state index contributed by atoms with van der Waals surface area (Å²) in [5.74, 6) is 0.848. The molecule has 0 spiro atoms. The highest BCUT2D eigenvalue weighted by molar-refractivity contribution is 5.91. The van der Waals surface area contributed by atoms with Crippen LogP contribution in [0.3, 0.4) is 0 Å². The van der Waals surface area contributed by atoms with Crippen LogP contribution in [0, 0.1) is 0 Å². The van der Waals surface area contributed by atoms with Crippen molar-refractivity contribution in [2.45, 2.75) is 32.7 Å². The van der Waals surface area contributed by atoms with Crippen molar-refractivity contribution in [3.8, 4) is 0 Å². The van der Waals surface area contributed by atoms with Crippen LogP contribution < -0.4 is 10.2 Å². The minimum absolute atomic E-state index is 0.00898. The number of carbonyl (C=O) groups is 1. The summed E-state index contributed by atoms with van der Waals surface area (Å²) in [5.41, 5.74) is 2.06. The van der Waals surface area contributed by atoms with Gasteiger partial charge in [-0.25, -0.2) is 0 Å². The first-order valence-corrected chi connectivity index (χ1v) is 9.03. The topological polar surface area (TPSA) is 48.7 Å². The maximum Gasteiger partial charge on any atom is 0.224 e. The molecule has 1 fully saturated rings. The molecule has 1 aliphatic heterocycles. The second-order valence-corrected chi connectivity index (χ2v) is 6.79. The van der Waals surface area contributed by atoms with Gasteiger partial charge in [0.05, 0.1) is 6.26 Å². The molecule has 5 heteroatoms.